The number of rotatable bonds is 7. The summed E-state index contributed by atoms with van der Waals surface area (Å²) >= 11 is 0. The van der Waals surface area contributed by atoms with Gasteiger partial charge in [0.15, 0.2) is 6.04 Å². The molecule has 2 aromatic rings. The van der Waals surface area contributed by atoms with Crippen LogP contribution in [0.2, 0.25) is 0 Å². The Balaban J connectivity index is 0.00000103. The summed E-state index contributed by atoms with van der Waals surface area (Å²) in [4.78, 5) is 25.2. The highest BCUT2D eigenvalue weighted by Crippen LogP contribution is 2.32. The SMILES string of the molecule is CC(=O)O.Cc1ccc(C(=O)NC(c2ccccn2)C(F)(F)F)c(OCCCN)c1. The Morgan fingerprint density at radius 3 is 2.47 bits per heavy atom. The molecule has 0 aliphatic carbocycles. The van der Waals surface area contributed by atoms with E-state index in [0.717, 1.165) is 12.5 Å². The second-order valence-corrected chi connectivity index (χ2v) is 6.21. The molecule has 0 radical (unpaired) electrons. The van der Waals surface area contributed by atoms with Gasteiger partial charge in [-0.15, -0.1) is 0 Å². The van der Waals surface area contributed by atoms with Crippen molar-refractivity contribution in [1.82, 2.24) is 10.3 Å². The van der Waals surface area contributed by atoms with Crippen LogP contribution in [0.15, 0.2) is 42.6 Å². The summed E-state index contributed by atoms with van der Waals surface area (Å²) in [6.07, 6.45) is -2.88. The van der Waals surface area contributed by atoms with E-state index < -0.39 is 24.1 Å². The molecule has 0 saturated heterocycles. The fourth-order valence-corrected chi connectivity index (χ4v) is 2.28. The van der Waals surface area contributed by atoms with Crippen LogP contribution in [-0.2, 0) is 4.79 Å². The molecular formula is C20H24F3N3O4. The first-order chi connectivity index (χ1) is 14.1. The summed E-state index contributed by atoms with van der Waals surface area (Å²) in [5.74, 6) is -1.50. The number of nitrogens with two attached hydrogens (primary N) is 1. The van der Waals surface area contributed by atoms with Gasteiger partial charge in [0.25, 0.3) is 11.9 Å². The Kier molecular flexibility index (Phi) is 9.76. The van der Waals surface area contributed by atoms with Gasteiger partial charge in [-0.2, -0.15) is 13.2 Å². The van der Waals surface area contributed by atoms with Crippen LogP contribution in [-0.4, -0.2) is 41.3 Å². The summed E-state index contributed by atoms with van der Waals surface area (Å²) in [5.41, 5.74) is 5.97. The number of alkyl halides is 3. The number of aliphatic carboxylic acids is 1. The first-order valence-electron chi connectivity index (χ1n) is 8.97. The first kappa shape index (κ1) is 24.9. The van der Waals surface area contributed by atoms with Gasteiger partial charge in [-0.3, -0.25) is 14.6 Å². The molecule has 1 aromatic heterocycles. The van der Waals surface area contributed by atoms with Crippen LogP contribution < -0.4 is 15.8 Å². The molecule has 1 amide bonds. The molecule has 2 rings (SSSR count). The number of carbonyl (C=O) groups is 2. The van der Waals surface area contributed by atoms with Gasteiger partial charge in [-0.1, -0.05) is 12.1 Å². The number of ether oxygens (including phenoxy) is 1. The van der Waals surface area contributed by atoms with E-state index in [9.17, 15) is 18.0 Å². The highest BCUT2D eigenvalue weighted by Gasteiger charge is 2.43. The zero-order valence-corrected chi connectivity index (χ0v) is 16.6. The number of nitrogens with zero attached hydrogens (tertiary/aromatic N) is 1. The molecular weight excluding hydrogens is 403 g/mol. The number of pyridine rings is 1. The van der Waals surface area contributed by atoms with Crippen molar-refractivity contribution in [2.24, 2.45) is 5.73 Å². The lowest BCUT2D eigenvalue weighted by atomic mass is 10.1. The number of aryl methyl sites for hydroxylation is 1. The smallest absolute Gasteiger partial charge is 0.414 e. The van der Waals surface area contributed by atoms with Crippen LogP contribution in [0.25, 0.3) is 0 Å². The van der Waals surface area contributed by atoms with Gasteiger partial charge in [0.05, 0.1) is 17.9 Å². The second kappa shape index (κ2) is 11.8. The third-order valence-corrected chi connectivity index (χ3v) is 3.57. The van der Waals surface area contributed by atoms with Crippen molar-refractivity contribution in [2.75, 3.05) is 13.2 Å². The van der Waals surface area contributed by atoms with Gasteiger partial charge in [-0.25, -0.2) is 0 Å². The Hall–Kier alpha value is -3.14. The van der Waals surface area contributed by atoms with E-state index in [-0.39, 0.29) is 23.6 Å². The molecule has 1 aromatic carbocycles. The van der Waals surface area contributed by atoms with Crippen molar-refractivity contribution in [3.05, 3.63) is 59.4 Å². The Morgan fingerprint density at radius 1 is 1.27 bits per heavy atom. The average molecular weight is 427 g/mol. The Labute approximate surface area is 172 Å². The maximum Gasteiger partial charge on any atom is 0.414 e. The topological polar surface area (TPSA) is 115 Å². The number of carboxylic acids is 1. The van der Waals surface area contributed by atoms with Crippen LogP contribution in [0.5, 0.6) is 5.75 Å². The number of amides is 1. The van der Waals surface area contributed by atoms with Gasteiger partial charge in [0, 0.05) is 13.1 Å². The maximum absolute atomic E-state index is 13.4. The number of aromatic nitrogens is 1. The van der Waals surface area contributed by atoms with Crippen molar-refractivity contribution < 1.29 is 32.6 Å². The predicted molar refractivity (Wildman–Crippen MR) is 104 cm³/mol. The van der Waals surface area contributed by atoms with Crippen molar-refractivity contribution in [3.63, 3.8) is 0 Å². The lowest BCUT2D eigenvalue weighted by Crippen LogP contribution is -2.38. The number of hydrogen-bond donors (Lipinski definition) is 3. The molecule has 30 heavy (non-hydrogen) atoms. The Morgan fingerprint density at radius 2 is 1.93 bits per heavy atom. The van der Waals surface area contributed by atoms with Gasteiger partial charge >= 0.3 is 6.18 Å². The van der Waals surface area contributed by atoms with E-state index >= 15 is 0 Å². The van der Waals surface area contributed by atoms with Crippen LogP contribution in [0, 0.1) is 6.92 Å². The van der Waals surface area contributed by atoms with Crippen LogP contribution >= 0.6 is 0 Å². The molecule has 10 heteroatoms. The van der Waals surface area contributed by atoms with Crippen LogP contribution in [0.3, 0.4) is 0 Å². The summed E-state index contributed by atoms with van der Waals surface area (Å²) in [5, 5.41) is 9.43. The molecule has 0 aliphatic rings. The molecule has 0 aliphatic heterocycles. The monoisotopic (exact) mass is 427 g/mol. The van der Waals surface area contributed by atoms with E-state index in [2.05, 4.69) is 4.98 Å². The number of benzene rings is 1. The Bertz CT molecular complexity index is 826. The lowest BCUT2D eigenvalue weighted by molar-refractivity contribution is -0.156. The summed E-state index contributed by atoms with van der Waals surface area (Å²) in [6, 6.07) is 6.61. The quantitative estimate of drug-likeness (QED) is 0.585. The lowest BCUT2D eigenvalue weighted by Gasteiger charge is -2.22. The van der Waals surface area contributed by atoms with Crippen molar-refractivity contribution in [3.8, 4) is 5.75 Å². The number of carbonyl (C=O) groups excluding carboxylic acids is 1. The van der Waals surface area contributed by atoms with E-state index in [0.29, 0.717) is 13.0 Å². The van der Waals surface area contributed by atoms with Crippen LogP contribution in [0.4, 0.5) is 13.2 Å². The molecule has 164 valence electrons. The average Bonchev–Trinajstić information content (AvgIpc) is 2.65. The molecule has 4 N–H and O–H groups in total. The normalized spacial score (nSPS) is 11.7. The molecule has 1 heterocycles. The molecule has 0 bridgehead atoms. The van der Waals surface area contributed by atoms with Crippen molar-refractivity contribution in [2.45, 2.75) is 32.5 Å². The highest BCUT2D eigenvalue weighted by atomic mass is 19.4. The van der Waals surface area contributed by atoms with Gasteiger partial charge in [-0.05, 0) is 49.7 Å². The molecule has 1 atom stereocenters. The fourth-order valence-electron chi connectivity index (χ4n) is 2.28. The fraction of sp³-hybridized carbons (Fsp3) is 0.350. The van der Waals surface area contributed by atoms with E-state index in [1.807, 2.05) is 5.32 Å². The third-order valence-electron chi connectivity index (χ3n) is 3.57. The van der Waals surface area contributed by atoms with E-state index in [1.165, 1.54) is 30.5 Å². The van der Waals surface area contributed by atoms with Crippen molar-refractivity contribution in [1.29, 1.82) is 0 Å². The summed E-state index contributed by atoms with van der Waals surface area (Å²) in [6.45, 7) is 3.55. The first-order valence-corrected chi connectivity index (χ1v) is 8.97. The number of halogens is 3. The minimum Gasteiger partial charge on any atom is -0.493 e. The largest absolute Gasteiger partial charge is 0.493 e. The number of nitrogens with one attached hydrogen (secondary N) is 1. The molecule has 7 nitrogen and oxygen atoms in total. The second-order valence-electron chi connectivity index (χ2n) is 6.21. The molecule has 0 saturated carbocycles. The minimum absolute atomic E-state index is 0.0257. The van der Waals surface area contributed by atoms with E-state index in [1.54, 1.807) is 19.1 Å². The summed E-state index contributed by atoms with van der Waals surface area (Å²) < 4.78 is 45.7. The zero-order chi connectivity index (χ0) is 22.7. The number of carboxylic acid groups (broad SMARTS) is 1. The maximum atomic E-state index is 13.4. The van der Waals surface area contributed by atoms with Gasteiger partial charge in [0.1, 0.15) is 5.75 Å². The van der Waals surface area contributed by atoms with Gasteiger partial charge in [0.2, 0.25) is 0 Å². The van der Waals surface area contributed by atoms with Gasteiger partial charge < -0.3 is 20.9 Å². The highest BCUT2D eigenvalue weighted by molar-refractivity contribution is 5.97. The number of hydrogen-bond acceptors (Lipinski definition) is 5. The summed E-state index contributed by atoms with van der Waals surface area (Å²) in [7, 11) is 0. The standard InChI is InChI=1S/C18H20F3N3O2.C2H4O2/c1-12-6-7-13(15(11-12)26-10-4-8-22)17(25)24-16(18(19,20)21)14-5-2-3-9-23-14;1-2(3)4/h2-3,5-7,9,11,16H,4,8,10,22H2,1H3,(H,24,25);1H3,(H,3,4). The zero-order valence-electron chi connectivity index (χ0n) is 16.6. The minimum atomic E-state index is -4.69. The third kappa shape index (κ3) is 8.48. The predicted octanol–water partition coefficient (Wildman–Crippen LogP) is 3.24. The molecule has 0 fully saturated rings. The molecule has 0 spiro atoms. The van der Waals surface area contributed by atoms with Crippen LogP contribution in [0.1, 0.15) is 41.0 Å². The van der Waals surface area contributed by atoms with Crippen molar-refractivity contribution >= 4 is 11.9 Å². The van der Waals surface area contributed by atoms with E-state index in [4.69, 9.17) is 20.4 Å². The molecule has 1 unspecified atom stereocenters.